The van der Waals surface area contributed by atoms with E-state index in [1.807, 2.05) is 6.92 Å². The predicted octanol–water partition coefficient (Wildman–Crippen LogP) is 2.92. The van der Waals surface area contributed by atoms with Crippen molar-refractivity contribution in [1.29, 1.82) is 0 Å². The zero-order valence-electron chi connectivity index (χ0n) is 12.4. The Bertz CT molecular complexity index is 231. The average Bonchev–Trinajstić information content (AvgIpc) is 2.86. The molecule has 114 valence electrons. The highest BCUT2D eigenvalue weighted by molar-refractivity contribution is 14.0. The molecule has 0 saturated heterocycles. The Hall–Kier alpha value is -0.0400. The number of aliphatic imine (C=N–C) groups is 1. The molecule has 4 nitrogen and oxygen atoms in total. The molecule has 1 fully saturated rings. The van der Waals surface area contributed by atoms with E-state index in [-0.39, 0.29) is 24.0 Å². The molecule has 0 heterocycles. The molecule has 0 aliphatic heterocycles. The summed E-state index contributed by atoms with van der Waals surface area (Å²) in [5.41, 5.74) is 0. The fraction of sp³-hybridized carbons (Fsp3) is 0.929. The van der Waals surface area contributed by atoms with Crippen LogP contribution in [0.2, 0.25) is 0 Å². The summed E-state index contributed by atoms with van der Waals surface area (Å²) < 4.78 is 5.32. The first kappa shape index (κ1) is 19.0. The van der Waals surface area contributed by atoms with Gasteiger partial charge >= 0.3 is 0 Å². The minimum Gasteiger partial charge on any atom is -0.382 e. The molecule has 1 rings (SSSR count). The summed E-state index contributed by atoms with van der Waals surface area (Å²) in [4.78, 5) is 4.61. The first-order valence-electron chi connectivity index (χ1n) is 7.49. The van der Waals surface area contributed by atoms with Gasteiger partial charge in [-0.25, -0.2) is 0 Å². The van der Waals surface area contributed by atoms with Gasteiger partial charge in [0.25, 0.3) is 0 Å². The van der Waals surface area contributed by atoms with E-state index >= 15 is 0 Å². The van der Waals surface area contributed by atoms with Crippen LogP contribution in [0, 0.1) is 0 Å². The molecule has 5 heteroatoms. The molecule has 19 heavy (non-hydrogen) atoms. The van der Waals surface area contributed by atoms with E-state index in [0.29, 0.717) is 6.04 Å². The van der Waals surface area contributed by atoms with Gasteiger partial charge in [-0.2, -0.15) is 0 Å². The van der Waals surface area contributed by atoms with Crippen molar-refractivity contribution in [2.75, 3.05) is 26.3 Å². The molecule has 0 amide bonds. The van der Waals surface area contributed by atoms with Crippen LogP contribution in [0.5, 0.6) is 0 Å². The molecular formula is C14H30IN3O. The lowest BCUT2D eigenvalue weighted by Crippen LogP contribution is -2.42. The van der Waals surface area contributed by atoms with Crippen molar-refractivity contribution in [2.24, 2.45) is 4.99 Å². The van der Waals surface area contributed by atoms with E-state index in [9.17, 15) is 0 Å². The summed E-state index contributed by atoms with van der Waals surface area (Å²) in [6, 6.07) is 0.631. The van der Waals surface area contributed by atoms with Crippen LogP contribution in [0.4, 0.5) is 0 Å². The maximum absolute atomic E-state index is 5.32. The zero-order chi connectivity index (χ0) is 13.1. The van der Waals surface area contributed by atoms with Gasteiger partial charge in [-0.15, -0.1) is 24.0 Å². The van der Waals surface area contributed by atoms with Crippen LogP contribution in [0.1, 0.15) is 52.4 Å². The smallest absolute Gasteiger partial charge is 0.191 e. The lowest BCUT2D eigenvalue weighted by molar-refractivity contribution is 0.144. The van der Waals surface area contributed by atoms with E-state index in [4.69, 9.17) is 4.74 Å². The summed E-state index contributed by atoms with van der Waals surface area (Å²) in [5, 5.41) is 6.85. The van der Waals surface area contributed by atoms with Crippen LogP contribution >= 0.6 is 24.0 Å². The monoisotopic (exact) mass is 383 g/mol. The van der Waals surface area contributed by atoms with Gasteiger partial charge in [0.1, 0.15) is 0 Å². The molecular weight excluding hydrogens is 353 g/mol. The van der Waals surface area contributed by atoms with Crippen LogP contribution in [-0.2, 0) is 4.74 Å². The predicted molar refractivity (Wildman–Crippen MR) is 92.5 cm³/mol. The van der Waals surface area contributed by atoms with Crippen LogP contribution in [-0.4, -0.2) is 38.3 Å². The molecule has 0 radical (unpaired) electrons. The van der Waals surface area contributed by atoms with Gasteiger partial charge in [0, 0.05) is 32.3 Å². The number of rotatable bonds is 8. The third kappa shape index (κ3) is 9.49. The van der Waals surface area contributed by atoms with E-state index in [1.54, 1.807) is 0 Å². The van der Waals surface area contributed by atoms with Crippen molar-refractivity contribution in [1.82, 2.24) is 10.6 Å². The molecule has 2 N–H and O–H groups in total. The van der Waals surface area contributed by atoms with Crippen LogP contribution in [0.25, 0.3) is 0 Å². The highest BCUT2D eigenvalue weighted by Gasteiger charge is 2.15. The molecule has 0 bridgehead atoms. The number of nitrogens with one attached hydrogen (secondary N) is 2. The van der Waals surface area contributed by atoms with Gasteiger partial charge in [0.15, 0.2) is 5.96 Å². The van der Waals surface area contributed by atoms with Crippen LogP contribution in [0.15, 0.2) is 4.99 Å². The SMILES string of the molecule is CCNC(=NCCCCOCC)NC1CCCC1.I. The summed E-state index contributed by atoms with van der Waals surface area (Å²) in [6.45, 7) is 7.63. The fourth-order valence-corrected chi connectivity index (χ4v) is 2.23. The van der Waals surface area contributed by atoms with Gasteiger partial charge < -0.3 is 15.4 Å². The van der Waals surface area contributed by atoms with Crippen molar-refractivity contribution >= 4 is 29.9 Å². The second-order valence-electron chi connectivity index (χ2n) is 4.79. The van der Waals surface area contributed by atoms with Crippen LogP contribution < -0.4 is 10.6 Å². The highest BCUT2D eigenvalue weighted by Crippen LogP contribution is 2.17. The number of guanidine groups is 1. The molecule has 0 spiro atoms. The zero-order valence-corrected chi connectivity index (χ0v) is 14.7. The van der Waals surface area contributed by atoms with Crippen molar-refractivity contribution in [2.45, 2.75) is 58.4 Å². The number of hydrogen-bond acceptors (Lipinski definition) is 2. The Morgan fingerprint density at radius 3 is 2.58 bits per heavy atom. The third-order valence-corrected chi connectivity index (χ3v) is 3.21. The van der Waals surface area contributed by atoms with Crippen molar-refractivity contribution in [3.63, 3.8) is 0 Å². The first-order valence-corrected chi connectivity index (χ1v) is 7.49. The third-order valence-electron chi connectivity index (χ3n) is 3.21. The Balaban J connectivity index is 0.00000324. The minimum absolute atomic E-state index is 0. The fourth-order valence-electron chi connectivity index (χ4n) is 2.23. The van der Waals surface area contributed by atoms with Gasteiger partial charge in [-0.3, -0.25) is 4.99 Å². The Morgan fingerprint density at radius 1 is 1.21 bits per heavy atom. The van der Waals surface area contributed by atoms with Crippen LogP contribution in [0.3, 0.4) is 0 Å². The quantitative estimate of drug-likeness (QED) is 0.293. The van der Waals surface area contributed by atoms with Gasteiger partial charge in [0.2, 0.25) is 0 Å². The largest absolute Gasteiger partial charge is 0.382 e. The highest BCUT2D eigenvalue weighted by atomic mass is 127. The molecule has 1 saturated carbocycles. The summed E-state index contributed by atoms with van der Waals surface area (Å²) in [7, 11) is 0. The number of unbranched alkanes of at least 4 members (excludes halogenated alkanes) is 1. The Morgan fingerprint density at radius 2 is 1.95 bits per heavy atom. The maximum Gasteiger partial charge on any atom is 0.191 e. The Kier molecular flexibility index (Phi) is 12.9. The normalized spacial score (nSPS) is 16.2. The summed E-state index contributed by atoms with van der Waals surface area (Å²) in [5.74, 6) is 0.987. The molecule has 0 atom stereocenters. The summed E-state index contributed by atoms with van der Waals surface area (Å²) >= 11 is 0. The molecule has 0 unspecified atom stereocenters. The van der Waals surface area contributed by atoms with E-state index in [2.05, 4.69) is 22.5 Å². The van der Waals surface area contributed by atoms with Crippen molar-refractivity contribution in [3.8, 4) is 0 Å². The molecule has 0 aromatic carbocycles. The van der Waals surface area contributed by atoms with E-state index in [0.717, 1.165) is 45.1 Å². The maximum atomic E-state index is 5.32. The molecule has 1 aliphatic rings. The van der Waals surface area contributed by atoms with E-state index in [1.165, 1.54) is 25.7 Å². The van der Waals surface area contributed by atoms with Gasteiger partial charge in [0.05, 0.1) is 0 Å². The second-order valence-corrected chi connectivity index (χ2v) is 4.79. The van der Waals surface area contributed by atoms with Crippen molar-refractivity contribution in [3.05, 3.63) is 0 Å². The molecule has 0 aromatic heterocycles. The van der Waals surface area contributed by atoms with Gasteiger partial charge in [-0.1, -0.05) is 12.8 Å². The number of ether oxygens (including phenoxy) is 1. The molecule has 0 aromatic rings. The van der Waals surface area contributed by atoms with Gasteiger partial charge in [-0.05, 0) is 39.5 Å². The first-order chi connectivity index (χ1) is 8.86. The lowest BCUT2D eigenvalue weighted by Gasteiger charge is -2.16. The second kappa shape index (κ2) is 13.0. The lowest BCUT2D eigenvalue weighted by atomic mass is 10.2. The van der Waals surface area contributed by atoms with E-state index < -0.39 is 0 Å². The standard InChI is InChI=1S/C14H29N3O.HI/c1-3-15-14(17-13-9-5-6-10-13)16-11-7-8-12-18-4-2;/h13H,3-12H2,1-2H3,(H2,15,16,17);1H. The average molecular weight is 383 g/mol. The number of hydrogen-bond donors (Lipinski definition) is 2. The van der Waals surface area contributed by atoms with Crippen molar-refractivity contribution < 1.29 is 4.74 Å². The Labute approximate surface area is 135 Å². The summed E-state index contributed by atoms with van der Waals surface area (Å²) in [6.07, 6.45) is 7.47. The molecule has 1 aliphatic carbocycles. The topological polar surface area (TPSA) is 45.7 Å². The minimum atomic E-state index is 0. The number of nitrogens with zero attached hydrogens (tertiary/aromatic N) is 1. The number of halogens is 1.